The molecule has 0 radical (unpaired) electrons. The summed E-state index contributed by atoms with van der Waals surface area (Å²) in [5, 5.41) is 5.80. The molecule has 0 aliphatic rings. The Morgan fingerprint density at radius 1 is 0.548 bits per heavy atom. The molecule has 0 N–H and O–H groups in total. The van der Waals surface area contributed by atoms with Crippen LogP contribution < -0.4 is 0 Å². The van der Waals surface area contributed by atoms with Crippen LogP contribution in [0.4, 0.5) is 0 Å². The minimum Gasteiger partial charge on any atom is -0.292 e. The molecule has 0 saturated carbocycles. The van der Waals surface area contributed by atoms with E-state index >= 15 is 0 Å². The summed E-state index contributed by atoms with van der Waals surface area (Å²) in [5.74, 6) is 0.787. The van der Waals surface area contributed by atoms with E-state index in [1.807, 2.05) is 83.5 Å². The molecule has 0 bridgehead atoms. The van der Waals surface area contributed by atoms with Crippen molar-refractivity contribution in [2.45, 2.75) is 0 Å². The van der Waals surface area contributed by atoms with Crippen LogP contribution in [0.1, 0.15) is 0 Å². The summed E-state index contributed by atoms with van der Waals surface area (Å²) >= 11 is 9.94. The van der Waals surface area contributed by atoms with Gasteiger partial charge >= 0.3 is 0 Å². The Balaban J connectivity index is 1.58. The fourth-order valence-corrected chi connectivity index (χ4v) is 5.56. The monoisotopic (exact) mass is 626 g/mol. The van der Waals surface area contributed by atoms with Gasteiger partial charge in [-0.2, -0.15) is 5.10 Å². The first-order chi connectivity index (χ1) is 20.7. The molecule has 5 aromatic carbocycles. The van der Waals surface area contributed by atoms with Gasteiger partial charge in [0, 0.05) is 38.1 Å². The summed E-state index contributed by atoms with van der Waals surface area (Å²) in [6.45, 7) is 0. The Kier molecular flexibility index (Phi) is 7.04. The van der Waals surface area contributed by atoms with Crippen molar-refractivity contribution in [2.75, 3.05) is 0 Å². The van der Waals surface area contributed by atoms with Crippen LogP contribution in [-0.2, 0) is 0 Å². The number of nitrogens with zero attached hydrogens (tertiary/aromatic N) is 4. The van der Waals surface area contributed by atoms with Crippen molar-refractivity contribution in [1.82, 2.24) is 19.3 Å². The molecule has 2 aromatic heterocycles. The van der Waals surface area contributed by atoms with Gasteiger partial charge in [0.1, 0.15) is 11.5 Å². The molecule has 0 fully saturated rings. The normalized spacial score (nSPS) is 11.1. The first-order valence-electron chi connectivity index (χ1n) is 13.6. The average molecular weight is 628 g/mol. The Labute approximate surface area is 257 Å². The standard InChI is InChI=1S/C36H24BrClN4/c37-28-18-16-26(17-19-28)33-32(24-41(40-33)30-14-8-3-9-15-30)36-39-34(25-10-4-1-5-11-25)35(27-12-6-2-7-13-27)42(36)31-22-20-29(38)21-23-31/h1-24H. The lowest BCUT2D eigenvalue weighted by atomic mass is 10.0. The summed E-state index contributed by atoms with van der Waals surface area (Å²) < 4.78 is 5.16. The van der Waals surface area contributed by atoms with Gasteiger partial charge in [0.05, 0.1) is 22.6 Å². The Bertz CT molecular complexity index is 1960. The molecule has 0 aliphatic carbocycles. The van der Waals surface area contributed by atoms with Crippen LogP contribution in [-0.4, -0.2) is 19.3 Å². The molecule has 7 aromatic rings. The molecule has 0 spiro atoms. The molecule has 6 heteroatoms. The zero-order chi connectivity index (χ0) is 28.5. The molecule has 202 valence electrons. The van der Waals surface area contributed by atoms with Crippen molar-refractivity contribution in [2.24, 2.45) is 0 Å². The van der Waals surface area contributed by atoms with E-state index in [9.17, 15) is 0 Å². The number of hydrogen-bond acceptors (Lipinski definition) is 2. The van der Waals surface area contributed by atoms with Crippen LogP contribution in [0.15, 0.2) is 150 Å². The van der Waals surface area contributed by atoms with E-state index in [2.05, 4.69) is 87.4 Å². The van der Waals surface area contributed by atoms with E-state index in [1.165, 1.54) is 0 Å². The van der Waals surface area contributed by atoms with Gasteiger partial charge in [-0.15, -0.1) is 0 Å². The van der Waals surface area contributed by atoms with Crippen molar-refractivity contribution in [3.05, 3.63) is 155 Å². The Morgan fingerprint density at radius 3 is 1.76 bits per heavy atom. The third kappa shape index (κ3) is 4.98. The van der Waals surface area contributed by atoms with E-state index in [0.29, 0.717) is 5.02 Å². The lowest BCUT2D eigenvalue weighted by Gasteiger charge is -2.14. The lowest BCUT2D eigenvalue weighted by molar-refractivity contribution is 0.884. The van der Waals surface area contributed by atoms with Crippen molar-refractivity contribution in [3.63, 3.8) is 0 Å². The minimum atomic E-state index is 0.678. The maximum atomic E-state index is 6.36. The predicted molar refractivity (Wildman–Crippen MR) is 175 cm³/mol. The fraction of sp³-hybridized carbons (Fsp3) is 0. The maximum Gasteiger partial charge on any atom is 0.149 e. The molecule has 7 rings (SSSR count). The van der Waals surface area contributed by atoms with Crippen molar-refractivity contribution < 1.29 is 0 Å². The van der Waals surface area contributed by atoms with E-state index in [-0.39, 0.29) is 0 Å². The van der Waals surface area contributed by atoms with Crippen LogP contribution in [0.5, 0.6) is 0 Å². The van der Waals surface area contributed by atoms with Gasteiger partial charge in [-0.05, 0) is 48.5 Å². The molecule has 0 amide bonds. The van der Waals surface area contributed by atoms with E-state index in [4.69, 9.17) is 21.7 Å². The zero-order valence-corrected chi connectivity index (χ0v) is 24.7. The predicted octanol–water partition coefficient (Wildman–Crippen LogP) is 10.1. The Hall–Kier alpha value is -4.71. The van der Waals surface area contributed by atoms with Gasteiger partial charge in [0.25, 0.3) is 0 Å². The summed E-state index contributed by atoms with van der Waals surface area (Å²) in [6.07, 6.45) is 2.07. The molecule has 42 heavy (non-hydrogen) atoms. The summed E-state index contributed by atoms with van der Waals surface area (Å²) in [6, 6.07) is 47.0. The van der Waals surface area contributed by atoms with E-state index in [0.717, 1.165) is 61.0 Å². The maximum absolute atomic E-state index is 6.36. The third-order valence-electron chi connectivity index (χ3n) is 7.15. The highest BCUT2D eigenvalue weighted by molar-refractivity contribution is 9.10. The number of aromatic nitrogens is 4. The van der Waals surface area contributed by atoms with Crippen molar-refractivity contribution in [3.8, 4) is 56.5 Å². The van der Waals surface area contributed by atoms with Crippen molar-refractivity contribution >= 4 is 27.5 Å². The van der Waals surface area contributed by atoms with Gasteiger partial charge in [-0.1, -0.05) is 119 Å². The van der Waals surface area contributed by atoms with E-state index < -0.39 is 0 Å². The fourth-order valence-electron chi connectivity index (χ4n) is 5.17. The first-order valence-corrected chi connectivity index (χ1v) is 14.7. The Morgan fingerprint density at radius 2 is 1.12 bits per heavy atom. The number of benzene rings is 5. The van der Waals surface area contributed by atoms with Gasteiger partial charge in [0.15, 0.2) is 0 Å². The smallest absolute Gasteiger partial charge is 0.149 e. The number of para-hydroxylation sites is 1. The zero-order valence-electron chi connectivity index (χ0n) is 22.4. The first kappa shape index (κ1) is 26.2. The summed E-state index contributed by atoms with van der Waals surface area (Å²) in [7, 11) is 0. The average Bonchev–Trinajstić information content (AvgIpc) is 3.66. The SMILES string of the molecule is Clc1ccc(-n2c(-c3cn(-c4ccccc4)nc3-c3ccc(Br)cc3)nc(-c3ccccc3)c2-c2ccccc2)cc1. The molecule has 4 nitrogen and oxygen atoms in total. The summed E-state index contributed by atoms with van der Waals surface area (Å²) in [5.41, 5.74) is 8.65. The molecule has 0 atom stereocenters. The van der Waals surface area contributed by atoms with Gasteiger partial charge in [-0.3, -0.25) is 4.57 Å². The highest BCUT2D eigenvalue weighted by Crippen LogP contribution is 2.41. The summed E-state index contributed by atoms with van der Waals surface area (Å²) in [4.78, 5) is 5.40. The van der Waals surface area contributed by atoms with Crippen LogP contribution >= 0.6 is 27.5 Å². The molecule has 2 heterocycles. The van der Waals surface area contributed by atoms with Gasteiger partial charge < -0.3 is 0 Å². The molecular formula is C36H24BrClN4. The van der Waals surface area contributed by atoms with Gasteiger partial charge in [0.2, 0.25) is 0 Å². The quantitative estimate of drug-likeness (QED) is 0.184. The number of halogens is 2. The van der Waals surface area contributed by atoms with E-state index in [1.54, 1.807) is 0 Å². The molecule has 0 unspecified atom stereocenters. The van der Waals surface area contributed by atoms with Crippen molar-refractivity contribution in [1.29, 1.82) is 0 Å². The highest BCUT2D eigenvalue weighted by Gasteiger charge is 2.26. The van der Waals surface area contributed by atoms with Crippen LogP contribution in [0.3, 0.4) is 0 Å². The second-order valence-corrected chi connectivity index (χ2v) is 11.2. The lowest BCUT2D eigenvalue weighted by Crippen LogP contribution is -2.00. The van der Waals surface area contributed by atoms with Crippen LogP contribution in [0.25, 0.3) is 56.5 Å². The largest absolute Gasteiger partial charge is 0.292 e. The van der Waals surface area contributed by atoms with Gasteiger partial charge in [-0.25, -0.2) is 9.67 Å². The molecular weight excluding hydrogens is 604 g/mol. The third-order valence-corrected chi connectivity index (χ3v) is 7.93. The minimum absolute atomic E-state index is 0.678. The second kappa shape index (κ2) is 11.3. The highest BCUT2D eigenvalue weighted by atomic mass is 79.9. The topological polar surface area (TPSA) is 35.6 Å². The number of hydrogen-bond donors (Lipinski definition) is 0. The molecule has 0 aliphatic heterocycles. The molecule has 0 saturated heterocycles. The van der Waals surface area contributed by atoms with Crippen LogP contribution in [0.2, 0.25) is 5.02 Å². The van der Waals surface area contributed by atoms with Crippen LogP contribution in [0, 0.1) is 0 Å². The number of rotatable bonds is 6. The number of imidazole rings is 1. The second-order valence-electron chi connectivity index (χ2n) is 9.85.